The number of rotatable bonds is 17. The summed E-state index contributed by atoms with van der Waals surface area (Å²) in [4.78, 5) is 11.1. The minimum absolute atomic E-state index is 0.177. The molecule has 0 unspecified atom stereocenters. The van der Waals surface area contributed by atoms with Crippen molar-refractivity contribution in [1.29, 1.82) is 0 Å². The zero-order chi connectivity index (χ0) is 19.8. The Morgan fingerprint density at radius 1 is 0.741 bits per heavy atom. The summed E-state index contributed by atoms with van der Waals surface area (Å²) in [7, 11) is 0. The molecule has 0 aromatic rings. The van der Waals surface area contributed by atoms with E-state index in [0.717, 1.165) is 32.1 Å². The van der Waals surface area contributed by atoms with Crippen LogP contribution in [0.25, 0.3) is 0 Å². The van der Waals surface area contributed by atoms with Gasteiger partial charge in [-0.05, 0) is 31.1 Å². The number of hydrogen-bond acceptors (Lipinski definition) is 2. The zero-order valence-corrected chi connectivity index (χ0v) is 17.6. The highest BCUT2D eigenvalue weighted by atomic mass is 16.5. The zero-order valence-electron chi connectivity index (χ0n) is 17.6. The lowest BCUT2D eigenvalue weighted by Crippen LogP contribution is -1.98. The first-order valence-corrected chi connectivity index (χ1v) is 11.1. The van der Waals surface area contributed by atoms with Crippen LogP contribution >= 0.6 is 0 Å². The minimum atomic E-state index is -0.177. The van der Waals surface area contributed by atoms with Crippen molar-refractivity contribution in [2.75, 3.05) is 0 Å². The molecule has 0 aliphatic rings. The molecule has 0 atom stereocenters. The van der Waals surface area contributed by atoms with Crippen molar-refractivity contribution in [2.45, 2.75) is 116 Å². The summed E-state index contributed by atoms with van der Waals surface area (Å²) in [5.41, 5.74) is 0. The summed E-state index contributed by atoms with van der Waals surface area (Å²) in [5, 5.41) is 0. The summed E-state index contributed by atoms with van der Waals surface area (Å²) in [5.74, 6) is 12.1. The van der Waals surface area contributed by atoms with Crippen molar-refractivity contribution < 1.29 is 9.53 Å². The molecule has 2 heteroatoms. The van der Waals surface area contributed by atoms with Gasteiger partial charge in [-0.3, -0.25) is 4.79 Å². The standard InChI is InChI=1S/C25H40O2/c1-3-5-6-7-8-9-10-11-12-13-14-15-16-17-18-19-20-21-22-23-24-25(26)27-4-2/h4H,2-3,5-12,17-24H2,1H3. The molecular weight excluding hydrogens is 332 g/mol. The van der Waals surface area contributed by atoms with Crippen LogP contribution in [-0.2, 0) is 9.53 Å². The molecule has 27 heavy (non-hydrogen) atoms. The van der Waals surface area contributed by atoms with Crippen LogP contribution in [0.4, 0.5) is 0 Å². The summed E-state index contributed by atoms with van der Waals surface area (Å²) in [6.45, 7) is 5.63. The molecule has 2 nitrogen and oxygen atoms in total. The third-order valence-electron chi connectivity index (χ3n) is 4.54. The summed E-state index contributed by atoms with van der Waals surface area (Å²) >= 11 is 0. The van der Waals surface area contributed by atoms with E-state index in [0.29, 0.717) is 6.42 Å². The molecule has 152 valence electrons. The molecule has 0 aliphatic heterocycles. The van der Waals surface area contributed by atoms with E-state index in [1.807, 2.05) is 0 Å². The van der Waals surface area contributed by atoms with Gasteiger partial charge in [0.1, 0.15) is 0 Å². The van der Waals surface area contributed by atoms with Crippen LogP contribution in [0.1, 0.15) is 116 Å². The van der Waals surface area contributed by atoms with Gasteiger partial charge in [-0.25, -0.2) is 0 Å². The lowest BCUT2D eigenvalue weighted by Gasteiger charge is -2.00. The molecule has 0 fully saturated rings. The molecule has 0 saturated heterocycles. The minimum Gasteiger partial charge on any atom is -0.435 e. The smallest absolute Gasteiger partial charge is 0.310 e. The number of hydrogen-bond donors (Lipinski definition) is 0. The summed E-state index contributed by atoms with van der Waals surface area (Å²) in [6.07, 6.45) is 21.1. The highest BCUT2D eigenvalue weighted by Crippen LogP contribution is 2.10. The Kier molecular flexibility index (Phi) is 21.0. The number of carbonyl (C=O) groups excluding carboxylic acids is 1. The van der Waals surface area contributed by atoms with Crippen LogP contribution in [0.5, 0.6) is 0 Å². The Morgan fingerprint density at radius 2 is 1.19 bits per heavy atom. The van der Waals surface area contributed by atoms with E-state index in [2.05, 4.69) is 41.9 Å². The predicted molar refractivity (Wildman–Crippen MR) is 116 cm³/mol. The lowest BCUT2D eigenvalue weighted by molar-refractivity contribution is -0.138. The summed E-state index contributed by atoms with van der Waals surface area (Å²) in [6, 6.07) is 0. The first-order valence-electron chi connectivity index (χ1n) is 11.1. The molecule has 0 bridgehead atoms. The Labute approximate surface area is 168 Å². The molecule has 0 N–H and O–H groups in total. The SMILES string of the molecule is C=COC(=O)CCCCCCCCC#CC#CCCCCCCCCCC. The van der Waals surface area contributed by atoms with Gasteiger partial charge in [0.25, 0.3) is 0 Å². The molecule has 0 heterocycles. The Balaban J connectivity index is 3.30. The van der Waals surface area contributed by atoms with Crippen molar-refractivity contribution >= 4 is 5.97 Å². The maximum atomic E-state index is 11.1. The van der Waals surface area contributed by atoms with Crippen molar-refractivity contribution in [3.63, 3.8) is 0 Å². The molecule has 0 spiro atoms. The van der Waals surface area contributed by atoms with E-state index in [9.17, 15) is 4.79 Å². The molecule has 0 aliphatic carbocycles. The Morgan fingerprint density at radius 3 is 1.67 bits per heavy atom. The fraction of sp³-hybridized carbons (Fsp3) is 0.720. The molecule has 0 rings (SSSR count). The van der Waals surface area contributed by atoms with E-state index in [1.54, 1.807) is 0 Å². The fourth-order valence-corrected chi connectivity index (χ4v) is 2.90. The first-order chi connectivity index (χ1) is 13.3. The second-order valence-electron chi connectivity index (χ2n) is 7.11. The monoisotopic (exact) mass is 372 g/mol. The van der Waals surface area contributed by atoms with E-state index >= 15 is 0 Å². The quantitative estimate of drug-likeness (QED) is 0.116. The van der Waals surface area contributed by atoms with Gasteiger partial charge >= 0.3 is 5.97 Å². The third kappa shape index (κ3) is 22.3. The van der Waals surface area contributed by atoms with Crippen molar-refractivity contribution in [3.05, 3.63) is 12.8 Å². The normalized spacial score (nSPS) is 9.67. The topological polar surface area (TPSA) is 26.3 Å². The number of ether oxygens (including phenoxy) is 1. The lowest BCUT2D eigenvalue weighted by atomic mass is 10.1. The number of unbranched alkanes of at least 4 members (excludes halogenated alkanes) is 14. The van der Waals surface area contributed by atoms with Gasteiger partial charge in [0.05, 0.1) is 6.26 Å². The van der Waals surface area contributed by atoms with Gasteiger partial charge in [-0.15, -0.1) is 0 Å². The van der Waals surface area contributed by atoms with Crippen LogP contribution < -0.4 is 0 Å². The predicted octanol–water partition coefficient (Wildman–Crippen LogP) is 7.33. The first kappa shape index (κ1) is 25.3. The highest BCUT2D eigenvalue weighted by molar-refractivity contribution is 5.69. The maximum absolute atomic E-state index is 11.1. The van der Waals surface area contributed by atoms with E-state index in [1.165, 1.54) is 76.9 Å². The Bertz CT molecular complexity index is 470. The van der Waals surface area contributed by atoms with E-state index in [4.69, 9.17) is 0 Å². The Hall–Kier alpha value is -1.67. The third-order valence-corrected chi connectivity index (χ3v) is 4.54. The fourth-order valence-electron chi connectivity index (χ4n) is 2.90. The van der Waals surface area contributed by atoms with Gasteiger partial charge in [0.15, 0.2) is 0 Å². The largest absolute Gasteiger partial charge is 0.435 e. The average Bonchev–Trinajstić information content (AvgIpc) is 2.66. The van der Waals surface area contributed by atoms with E-state index < -0.39 is 0 Å². The van der Waals surface area contributed by atoms with Crippen LogP contribution in [0.2, 0.25) is 0 Å². The van der Waals surface area contributed by atoms with Gasteiger partial charge in [0, 0.05) is 19.3 Å². The second kappa shape index (κ2) is 22.4. The molecule has 0 saturated carbocycles. The van der Waals surface area contributed by atoms with Crippen LogP contribution in [0.15, 0.2) is 12.8 Å². The molecule has 0 amide bonds. The number of carbonyl (C=O) groups is 1. The summed E-state index contributed by atoms with van der Waals surface area (Å²) < 4.78 is 4.68. The van der Waals surface area contributed by atoms with Gasteiger partial charge in [-0.1, -0.05) is 96.0 Å². The second-order valence-corrected chi connectivity index (χ2v) is 7.11. The highest BCUT2D eigenvalue weighted by Gasteiger charge is 1.99. The van der Waals surface area contributed by atoms with Gasteiger partial charge in [0.2, 0.25) is 0 Å². The molecule has 0 aromatic carbocycles. The van der Waals surface area contributed by atoms with Crippen LogP contribution in [0.3, 0.4) is 0 Å². The maximum Gasteiger partial charge on any atom is 0.310 e. The molecule has 0 aromatic heterocycles. The van der Waals surface area contributed by atoms with Gasteiger partial charge in [-0.2, -0.15) is 0 Å². The van der Waals surface area contributed by atoms with E-state index in [-0.39, 0.29) is 5.97 Å². The average molecular weight is 373 g/mol. The van der Waals surface area contributed by atoms with Crippen molar-refractivity contribution in [3.8, 4) is 23.7 Å². The van der Waals surface area contributed by atoms with Crippen LogP contribution in [-0.4, -0.2) is 5.97 Å². The van der Waals surface area contributed by atoms with Gasteiger partial charge < -0.3 is 4.74 Å². The van der Waals surface area contributed by atoms with Crippen molar-refractivity contribution in [1.82, 2.24) is 0 Å². The number of esters is 1. The molecule has 0 radical (unpaired) electrons. The molecular formula is C25H40O2. The van der Waals surface area contributed by atoms with Crippen LogP contribution in [0, 0.1) is 23.7 Å². The van der Waals surface area contributed by atoms with Crippen molar-refractivity contribution in [2.24, 2.45) is 0 Å².